The smallest absolute Gasteiger partial charge is 0.285 e. The predicted octanol–water partition coefficient (Wildman–Crippen LogP) is 5.21. The minimum atomic E-state index is -0.399. The van der Waals surface area contributed by atoms with E-state index in [4.69, 9.17) is 16.1 Å². The molecule has 0 saturated carbocycles. The van der Waals surface area contributed by atoms with Gasteiger partial charge >= 0.3 is 0 Å². The van der Waals surface area contributed by atoms with Crippen molar-refractivity contribution in [3.63, 3.8) is 0 Å². The van der Waals surface area contributed by atoms with E-state index in [1.807, 2.05) is 23.7 Å². The normalized spacial score (nSPS) is 12.1. The number of carbonyl (C=O) groups excluding carboxylic acids is 1. The van der Waals surface area contributed by atoms with Crippen molar-refractivity contribution in [3.05, 3.63) is 68.7 Å². The van der Waals surface area contributed by atoms with Crippen molar-refractivity contribution in [2.24, 2.45) is 12.0 Å². The zero-order valence-corrected chi connectivity index (χ0v) is 17.5. The van der Waals surface area contributed by atoms with Crippen molar-refractivity contribution < 1.29 is 9.32 Å². The summed E-state index contributed by atoms with van der Waals surface area (Å²) in [4.78, 5) is 18.0. The summed E-state index contributed by atoms with van der Waals surface area (Å²) in [5.74, 6) is 0.0170. The second kappa shape index (κ2) is 7.04. The third-order valence-electron chi connectivity index (χ3n) is 4.83. The summed E-state index contributed by atoms with van der Waals surface area (Å²) in [6, 6.07) is 11.5. The van der Waals surface area contributed by atoms with Gasteiger partial charge in [0.1, 0.15) is 17.0 Å². The molecule has 0 unspecified atom stereocenters. The zero-order valence-electron chi connectivity index (χ0n) is 15.9. The third kappa shape index (κ3) is 3.08. The molecule has 4 rings (SSSR count). The summed E-state index contributed by atoms with van der Waals surface area (Å²) in [5, 5.41) is 4.56. The van der Waals surface area contributed by atoms with E-state index in [2.05, 4.69) is 36.1 Å². The van der Waals surface area contributed by atoms with E-state index < -0.39 is 5.91 Å². The molecule has 5 nitrogen and oxygen atoms in total. The Labute approximate surface area is 170 Å². The molecule has 4 aromatic rings. The molecule has 7 heteroatoms. The van der Waals surface area contributed by atoms with Crippen LogP contribution in [-0.4, -0.2) is 15.6 Å². The number of benzene rings is 2. The van der Waals surface area contributed by atoms with Crippen LogP contribution in [0.15, 0.2) is 45.9 Å². The van der Waals surface area contributed by atoms with Crippen molar-refractivity contribution in [3.8, 4) is 11.3 Å². The zero-order chi connectivity index (χ0) is 20.0. The molecule has 0 spiro atoms. The molecular formula is C21H18ClN3O2S. The third-order valence-corrected chi connectivity index (χ3v) is 6.25. The minimum absolute atomic E-state index is 0.331. The maximum Gasteiger partial charge on any atom is 0.285 e. The van der Waals surface area contributed by atoms with E-state index >= 15 is 0 Å². The maximum atomic E-state index is 13.0. The van der Waals surface area contributed by atoms with Crippen LogP contribution in [0.1, 0.15) is 27.2 Å². The van der Waals surface area contributed by atoms with Crippen molar-refractivity contribution in [2.45, 2.75) is 20.8 Å². The van der Waals surface area contributed by atoms with Crippen LogP contribution in [0.4, 0.5) is 0 Å². The van der Waals surface area contributed by atoms with Crippen LogP contribution in [0.5, 0.6) is 0 Å². The number of rotatable bonds is 2. The Hall–Kier alpha value is -2.70. The number of aryl methyl sites for hydroxylation is 4. The fraction of sp³-hybridized carbons (Fsp3) is 0.190. The number of fused-ring (bicyclic) bond motifs is 1. The Morgan fingerprint density at radius 2 is 1.89 bits per heavy atom. The van der Waals surface area contributed by atoms with E-state index in [1.54, 1.807) is 19.1 Å². The lowest BCUT2D eigenvalue weighted by Crippen LogP contribution is -2.14. The van der Waals surface area contributed by atoms with E-state index in [0.29, 0.717) is 32.4 Å². The van der Waals surface area contributed by atoms with Gasteiger partial charge in [-0.05, 0) is 50.1 Å². The molecule has 0 N–H and O–H groups in total. The number of hydrogen-bond donors (Lipinski definition) is 0. The van der Waals surface area contributed by atoms with Gasteiger partial charge in [-0.1, -0.05) is 46.3 Å². The summed E-state index contributed by atoms with van der Waals surface area (Å²) < 4.78 is 8.31. The highest BCUT2D eigenvalue weighted by Crippen LogP contribution is 2.31. The van der Waals surface area contributed by atoms with Crippen LogP contribution in [-0.2, 0) is 7.05 Å². The summed E-state index contributed by atoms with van der Waals surface area (Å²) in [6.07, 6.45) is 0. The first-order valence-electron chi connectivity index (χ1n) is 8.74. The van der Waals surface area contributed by atoms with Crippen molar-refractivity contribution >= 4 is 39.1 Å². The van der Waals surface area contributed by atoms with Gasteiger partial charge in [0, 0.05) is 12.6 Å². The Kier molecular flexibility index (Phi) is 4.69. The van der Waals surface area contributed by atoms with Gasteiger partial charge in [0.15, 0.2) is 4.80 Å². The van der Waals surface area contributed by atoms with Gasteiger partial charge in [-0.15, -0.1) is 0 Å². The lowest BCUT2D eigenvalue weighted by molar-refractivity contribution is 0.0997. The molecule has 0 radical (unpaired) electrons. The van der Waals surface area contributed by atoms with Crippen LogP contribution in [0.25, 0.3) is 21.5 Å². The van der Waals surface area contributed by atoms with Crippen LogP contribution in [0, 0.1) is 20.8 Å². The molecule has 28 heavy (non-hydrogen) atoms. The molecule has 0 saturated heterocycles. The SMILES string of the molecule is Cc1cc2sc(=NC(=O)c3c(-c4ccccc4Cl)noc3C)n(C)c2cc1C. The molecular weight excluding hydrogens is 394 g/mol. The molecule has 2 heterocycles. The fourth-order valence-electron chi connectivity index (χ4n) is 3.09. The first-order valence-corrected chi connectivity index (χ1v) is 9.93. The summed E-state index contributed by atoms with van der Waals surface area (Å²) in [5.41, 5.74) is 4.85. The Bertz CT molecular complexity index is 1300. The molecule has 2 aromatic heterocycles. The molecule has 2 aromatic carbocycles. The lowest BCUT2D eigenvalue weighted by atomic mass is 10.1. The lowest BCUT2D eigenvalue weighted by Gasteiger charge is -2.02. The topological polar surface area (TPSA) is 60.4 Å². The average Bonchev–Trinajstić information content (AvgIpc) is 3.17. The molecule has 1 amide bonds. The molecule has 0 aliphatic carbocycles. The molecule has 0 bridgehead atoms. The second-order valence-corrected chi connectivity index (χ2v) is 8.12. The number of amides is 1. The highest BCUT2D eigenvalue weighted by Gasteiger charge is 2.23. The van der Waals surface area contributed by atoms with E-state index in [0.717, 1.165) is 10.2 Å². The van der Waals surface area contributed by atoms with Gasteiger partial charge < -0.3 is 9.09 Å². The van der Waals surface area contributed by atoms with Crippen molar-refractivity contribution in [1.29, 1.82) is 0 Å². The van der Waals surface area contributed by atoms with E-state index in [-0.39, 0.29) is 0 Å². The van der Waals surface area contributed by atoms with Gasteiger partial charge in [-0.25, -0.2) is 0 Å². The number of aromatic nitrogens is 2. The van der Waals surface area contributed by atoms with E-state index in [9.17, 15) is 4.79 Å². The summed E-state index contributed by atoms with van der Waals surface area (Å²) in [7, 11) is 1.91. The monoisotopic (exact) mass is 411 g/mol. The Morgan fingerprint density at radius 3 is 2.64 bits per heavy atom. The molecule has 0 fully saturated rings. The molecule has 0 aliphatic rings. The fourth-order valence-corrected chi connectivity index (χ4v) is 4.41. The highest BCUT2D eigenvalue weighted by molar-refractivity contribution is 7.16. The van der Waals surface area contributed by atoms with E-state index in [1.165, 1.54) is 22.5 Å². The van der Waals surface area contributed by atoms with Gasteiger partial charge in [-0.3, -0.25) is 4.79 Å². The van der Waals surface area contributed by atoms with Crippen molar-refractivity contribution in [1.82, 2.24) is 9.72 Å². The van der Waals surface area contributed by atoms with Crippen LogP contribution < -0.4 is 4.80 Å². The number of nitrogens with zero attached hydrogens (tertiary/aromatic N) is 3. The Morgan fingerprint density at radius 1 is 1.18 bits per heavy atom. The predicted molar refractivity (Wildman–Crippen MR) is 112 cm³/mol. The van der Waals surface area contributed by atoms with Crippen LogP contribution in [0.3, 0.4) is 0 Å². The summed E-state index contributed by atoms with van der Waals surface area (Å²) >= 11 is 7.77. The Balaban J connectivity index is 1.86. The average molecular weight is 412 g/mol. The minimum Gasteiger partial charge on any atom is -0.360 e. The molecule has 0 aliphatic heterocycles. The molecule has 0 atom stereocenters. The van der Waals surface area contributed by atoms with Crippen molar-refractivity contribution in [2.75, 3.05) is 0 Å². The maximum absolute atomic E-state index is 13.0. The van der Waals surface area contributed by atoms with Gasteiger partial charge in [0.05, 0.1) is 15.2 Å². The number of hydrogen-bond acceptors (Lipinski definition) is 4. The molecule has 142 valence electrons. The second-order valence-electron chi connectivity index (χ2n) is 6.71. The van der Waals surface area contributed by atoms with Crippen LogP contribution >= 0.6 is 22.9 Å². The largest absolute Gasteiger partial charge is 0.360 e. The summed E-state index contributed by atoms with van der Waals surface area (Å²) in [6.45, 7) is 5.85. The number of halogens is 1. The number of carbonyl (C=O) groups is 1. The first-order chi connectivity index (χ1) is 13.4. The van der Waals surface area contributed by atoms with Crippen LogP contribution in [0.2, 0.25) is 5.02 Å². The van der Waals surface area contributed by atoms with Gasteiger partial charge in [-0.2, -0.15) is 4.99 Å². The standard InChI is InChI=1S/C21H18ClN3O2S/c1-11-9-16-17(10-12(11)2)28-21(25(16)4)23-20(26)18-13(3)27-24-19(18)14-7-5-6-8-15(14)22/h5-10H,1-4H3. The highest BCUT2D eigenvalue weighted by atomic mass is 35.5. The van der Waals surface area contributed by atoms with Gasteiger partial charge in [0.2, 0.25) is 0 Å². The number of thiazole rings is 1. The first kappa shape index (κ1) is 18.7. The van der Waals surface area contributed by atoms with Gasteiger partial charge in [0.25, 0.3) is 5.91 Å². The quantitative estimate of drug-likeness (QED) is 0.454.